The van der Waals surface area contributed by atoms with E-state index in [0.717, 1.165) is 15.2 Å². The monoisotopic (exact) mass is 265 g/mol. The quantitative estimate of drug-likeness (QED) is 0.863. The first-order valence-electron chi connectivity index (χ1n) is 5.81. The van der Waals surface area contributed by atoms with Gasteiger partial charge in [0.2, 0.25) is 0 Å². The lowest BCUT2D eigenvalue weighted by Crippen LogP contribution is -2.09. The summed E-state index contributed by atoms with van der Waals surface area (Å²) < 4.78 is 5.90. The van der Waals surface area contributed by atoms with Crippen molar-refractivity contribution in [2.45, 2.75) is 26.4 Å². The molecule has 1 aromatic carbocycles. The molecule has 0 aliphatic carbocycles. The highest BCUT2D eigenvalue weighted by atomic mass is 32.1. The molecule has 0 amide bonds. The van der Waals surface area contributed by atoms with Crippen molar-refractivity contribution >= 4 is 27.5 Å². The summed E-state index contributed by atoms with van der Waals surface area (Å²) in [5.74, 6) is -0.389. The van der Waals surface area contributed by atoms with Gasteiger partial charge < -0.3 is 9.84 Å². The Morgan fingerprint density at radius 2 is 2.33 bits per heavy atom. The van der Waals surface area contributed by atoms with Crippen molar-refractivity contribution in [1.82, 2.24) is 4.98 Å². The molecule has 1 N–H and O–H groups in total. The molecular formula is C13H15NO3S. The van der Waals surface area contributed by atoms with E-state index in [0.29, 0.717) is 12.2 Å². The van der Waals surface area contributed by atoms with E-state index in [1.165, 1.54) is 0 Å². The average Bonchev–Trinajstić information content (AvgIpc) is 2.68. The third-order valence-electron chi connectivity index (χ3n) is 2.57. The van der Waals surface area contributed by atoms with Gasteiger partial charge in [0.15, 0.2) is 0 Å². The standard InChI is InChI=1S/C13H15NO3S/c1-3-17-13(16)7-11(15)9-4-5-12-10(6-9)14-8(2)18-12/h4-6,11,15H,3,7H2,1-2H3/t11-/m0/s1. The van der Waals surface area contributed by atoms with Crippen LogP contribution in [0.25, 0.3) is 10.2 Å². The second-order valence-corrected chi connectivity index (χ2v) is 5.22. The van der Waals surface area contributed by atoms with Crippen LogP contribution >= 0.6 is 11.3 Å². The van der Waals surface area contributed by atoms with Gasteiger partial charge in [0.05, 0.1) is 34.4 Å². The highest BCUT2D eigenvalue weighted by Gasteiger charge is 2.14. The van der Waals surface area contributed by atoms with Gasteiger partial charge in [0.25, 0.3) is 0 Å². The first-order chi connectivity index (χ1) is 8.60. The number of rotatable bonds is 4. The van der Waals surface area contributed by atoms with E-state index < -0.39 is 6.10 Å². The fraction of sp³-hybridized carbons (Fsp3) is 0.385. The predicted octanol–water partition coefficient (Wildman–Crippen LogP) is 2.59. The minimum atomic E-state index is -0.838. The maximum Gasteiger partial charge on any atom is 0.308 e. The van der Waals surface area contributed by atoms with Gasteiger partial charge in [-0.05, 0) is 31.5 Å². The number of fused-ring (bicyclic) bond motifs is 1. The van der Waals surface area contributed by atoms with Gasteiger partial charge in [-0.3, -0.25) is 4.79 Å². The number of aromatic nitrogens is 1. The summed E-state index contributed by atoms with van der Waals surface area (Å²) in [6.07, 6.45) is -0.863. The summed E-state index contributed by atoms with van der Waals surface area (Å²) in [5, 5.41) is 10.9. The Kier molecular flexibility index (Phi) is 3.93. The first-order valence-corrected chi connectivity index (χ1v) is 6.62. The molecule has 0 fully saturated rings. The lowest BCUT2D eigenvalue weighted by Gasteiger charge is -2.09. The Balaban J connectivity index is 2.17. The van der Waals surface area contributed by atoms with Gasteiger partial charge >= 0.3 is 5.97 Å². The maximum atomic E-state index is 11.3. The van der Waals surface area contributed by atoms with Gasteiger partial charge in [0.1, 0.15) is 0 Å². The second kappa shape index (κ2) is 5.46. The first kappa shape index (κ1) is 13.0. The number of thiazole rings is 1. The number of nitrogens with zero attached hydrogens (tertiary/aromatic N) is 1. The van der Waals surface area contributed by atoms with Crippen LogP contribution < -0.4 is 0 Å². The number of hydrogen-bond donors (Lipinski definition) is 1. The molecule has 0 radical (unpaired) electrons. The van der Waals surface area contributed by atoms with E-state index >= 15 is 0 Å². The van der Waals surface area contributed by atoms with E-state index in [2.05, 4.69) is 4.98 Å². The third-order valence-corrected chi connectivity index (χ3v) is 3.52. The van der Waals surface area contributed by atoms with Crippen LogP contribution in [0, 0.1) is 6.92 Å². The topological polar surface area (TPSA) is 59.4 Å². The lowest BCUT2D eigenvalue weighted by atomic mass is 10.1. The van der Waals surface area contributed by atoms with Gasteiger partial charge in [-0.1, -0.05) is 6.07 Å². The number of esters is 1. The SMILES string of the molecule is CCOC(=O)C[C@H](O)c1ccc2sc(C)nc2c1. The van der Waals surface area contributed by atoms with Gasteiger partial charge in [-0.2, -0.15) is 0 Å². The fourth-order valence-electron chi connectivity index (χ4n) is 1.76. The predicted molar refractivity (Wildman–Crippen MR) is 70.6 cm³/mol. The number of aryl methyl sites for hydroxylation is 1. The molecule has 96 valence electrons. The Bertz CT molecular complexity index is 564. The minimum Gasteiger partial charge on any atom is -0.466 e. The zero-order valence-electron chi connectivity index (χ0n) is 10.3. The largest absolute Gasteiger partial charge is 0.466 e. The van der Waals surface area contributed by atoms with Crippen LogP contribution in [0.2, 0.25) is 0 Å². The molecule has 0 aliphatic heterocycles. The highest BCUT2D eigenvalue weighted by molar-refractivity contribution is 7.18. The Morgan fingerprint density at radius 1 is 1.56 bits per heavy atom. The van der Waals surface area contributed by atoms with Crippen LogP contribution in [-0.4, -0.2) is 22.7 Å². The van der Waals surface area contributed by atoms with Crippen molar-refractivity contribution in [3.8, 4) is 0 Å². The van der Waals surface area contributed by atoms with Gasteiger partial charge in [0, 0.05) is 0 Å². The Hall–Kier alpha value is -1.46. The molecule has 18 heavy (non-hydrogen) atoms. The van der Waals surface area contributed by atoms with Crippen molar-refractivity contribution in [1.29, 1.82) is 0 Å². The number of ether oxygens (including phenoxy) is 1. The molecular weight excluding hydrogens is 250 g/mol. The van der Waals surface area contributed by atoms with Gasteiger partial charge in [-0.15, -0.1) is 11.3 Å². The normalized spacial score (nSPS) is 12.6. The molecule has 4 nitrogen and oxygen atoms in total. The number of aliphatic hydroxyl groups excluding tert-OH is 1. The van der Waals surface area contributed by atoms with Crippen LogP contribution in [0.3, 0.4) is 0 Å². The molecule has 0 spiro atoms. The number of carbonyl (C=O) groups is 1. The molecule has 2 rings (SSSR count). The van der Waals surface area contributed by atoms with E-state index in [4.69, 9.17) is 4.74 Å². The van der Waals surface area contributed by atoms with Crippen LogP contribution in [0.4, 0.5) is 0 Å². The molecule has 1 heterocycles. The summed E-state index contributed by atoms with van der Waals surface area (Å²) in [6.45, 7) is 4.02. The lowest BCUT2D eigenvalue weighted by molar-refractivity contribution is -0.145. The molecule has 2 aromatic rings. The summed E-state index contributed by atoms with van der Waals surface area (Å²) in [6, 6.07) is 5.57. The zero-order chi connectivity index (χ0) is 13.1. The fourth-order valence-corrected chi connectivity index (χ4v) is 2.57. The molecule has 1 aromatic heterocycles. The molecule has 0 aliphatic rings. The zero-order valence-corrected chi connectivity index (χ0v) is 11.2. The van der Waals surface area contributed by atoms with Gasteiger partial charge in [-0.25, -0.2) is 4.98 Å². The molecule has 0 saturated heterocycles. The average molecular weight is 265 g/mol. The molecule has 0 saturated carbocycles. The third kappa shape index (κ3) is 2.86. The minimum absolute atomic E-state index is 0.0253. The summed E-state index contributed by atoms with van der Waals surface area (Å²) in [7, 11) is 0. The van der Waals surface area contributed by atoms with E-state index in [1.54, 1.807) is 18.3 Å². The number of hydrogen-bond acceptors (Lipinski definition) is 5. The number of carbonyl (C=O) groups excluding carboxylic acids is 1. The molecule has 0 bridgehead atoms. The van der Waals surface area contributed by atoms with Crippen molar-refractivity contribution < 1.29 is 14.6 Å². The number of benzene rings is 1. The maximum absolute atomic E-state index is 11.3. The van der Waals surface area contributed by atoms with E-state index in [1.807, 2.05) is 25.1 Å². The van der Waals surface area contributed by atoms with Crippen LogP contribution in [0.15, 0.2) is 18.2 Å². The van der Waals surface area contributed by atoms with Crippen LogP contribution in [-0.2, 0) is 9.53 Å². The highest BCUT2D eigenvalue weighted by Crippen LogP contribution is 2.26. The van der Waals surface area contributed by atoms with Crippen LogP contribution in [0.5, 0.6) is 0 Å². The summed E-state index contributed by atoms with van der Waals surface area (Å²) in [5.41, 5.74) is 1.55. The van der Waals surface area contributed by atoms with Crippen molar-refractivity contribution in [2.24, 2.45) is 0 Å². The summed E-state index contributed by atoms with van der Waals surface area (Å²) in [4.78, 5) is 15.7. The van der Waals surface area contributed by atoms with Crippen molar-refractivity contribution in [3.63, 3.8) is 0 Å². The molecule has 5 heteroatoms. The van der Waals surface area contributed by atoms with E-state index in [9.17, 15) is 9.90 Å². The molecule has 1 atom stereocenters. The molecule has 0 unspecified atom stereocenters. The Labute approximate surface area is 109 Å². The summed E-state index contributed by atoms with van der Waals surface area (Å²) >= 11 is 1.61. The van der Waals surface area contributed by atoms with Crippen molar-refractivity contribution in [3.05, 3.63) is 28.8 Å². The van der Waals surface area contributed by atoms with Crippen molar-refractivity contribution in [2.75, 3.05) is 6.61 Å². The number of aliphatic hydroxyl groups is 1. The van der Waals surface area contributed by atoms with Crippen LogP contribution in [0.1, 0.15) is 30.0 Å². The second-order valence-electron chi connectivity index (χ2n) is 3.98. The Morgan fingerprint density at radius 3 is 3.06 bits per heavy atom. The smallest absolute Gasteiger partial charge is 0.308 e. The van der Waals surface area contributed by atoms with E-state index in [-0.39, 0.29) is 12.4 Å².